The van der Waals surface area contributed by atoms with Gasteiger partial charge in [-0.25, -0.2) is 0 Å². The predicted octanol–water partition coefficient (Wildman–Crippen LogP) is 3.73. The van der Waals surface area contributed by atoms with Crippen LogP contribution < -0.4 is 5.32 Å². The number of nitrogens with one attached hydrogen (secondary N) is 1. The van der Waals surface area contributed by atoms with Crippen molar-refractivity contribution in [2.24, 2.45) is 0 Å². The van der Waals surface area contributed by atoms with Crippen LogP contribution in [0.1, 0.15) is 37.8 Å². The monoisotopic (exact) mass is 251 g/mol. The molecule has 3 heteroatoms. The first-order valence-electron chi connectivity index (χ1n) is 5.87. The van der Waals surface area contributed by atoms with Gasteiger partial charge >= 0.3 is 0 Å². The van der Waals surface area contributed by atoms with E-state index in [1.807, 2.05) is 39.8 Å². The van der Waals surface area contributed by atoms with E-state index in [4.69, 9.17) is 0 Å². The van der Waals surface area contributed by atoms with E-state index >= 15 is 0 Å². The molecule has 1 aromatic carbocycles. The normalized spacial score (nSPS) is 11.4. The van der Waals surface area contributed by atoms with Gasteiger partial charge in [-0.05, 0) is 31.9 Å². The number of benzene rings is 1. The molecular weight excluding hydrogens is 230 g/mol. The number of carbonyl (C=O) groups excluding carboxylic acids is 1. The summed E-state index contributed by atoms with van der Waals surface area (Å²) in [7, 11) is 0. The van der Waals surface area contributed by atoms with Crippen LogP contribution in [0.5, 0.6) is 0 Å². The lowest BCUT2D eigenvalue weighted by atomic mass is 10.1. The highest BCUT2D eigenvalue weighted by atomic mass is 32.1. The molecule has 2 nitrogen and oxygen atoms in total. The Kier molecular flexibility index (Phi) is 4.63. The number of amides is 1. The van der Waals surface area contributed by atoms with Crippen molar-refractivity contribution in [2.75, 3.05) is 5.32 Å². The number of carbonyl (C=O) groups is 1. The van der Waals surface area contributed by atoms with Crippen LogP contribution in [0.4, 0.5) is 5.69 Å². The van der Waals surface area contributed by atoms with Crippen LogP contribution in [0, 0.1) is 13.8 Å². The highest BCUT2D eigenvalue weighted by molar-refractivity contribution is 7.81. The van der Waals surface area contributed by atoms with Gasteiger partial charge in [-0.15, -0.1) is 0 Å². The molecule has 0 aliphatic rings. The summed E-state index contributed by atoms with van der Waals surface area (Å²) in [5.74, 6) is 0.0547. The molecular formula is C14H21NOS. The van der Waals surface area contributed by atoms with E-state index in [0.717, 1.165) is 17.7 Å². The van der Waals surface area contributed by atoms with Crippen LogP contribution >= 0.6 is 12.6 Å². The number of hydrogen-bond donors (Lipinski definition) is 2. The van der Waals surface area contributed by atoms with Crippen molar-refractivity contribution in [1.29, 1.82) is 0 Å². The molecule has 0 atom stereocenters. The number of hydrogen-bond acceptors (Lipinski definition) is 2. The number of rotatable bonds is 4. The molecule has 0 aliphatic carbocycles. The topological polar surface area (TPSA) is 29.1 Å². The van der Waals surface area contributed by atoms with Crippen LogP contribution in [0.3, 0.4) is 0 Å². The van der Waals surface area contributed by atoms with Gasteiger partial charge in [-0.3, -0.25) is 4.79 Å². The summed E-state index contributed by atoms with van der Waals surface area (Å²) in [5.41, 5.74) is 3.21. The van der Waals surface area contributed by atoms with E-state index in [1.165, 1.54) is 5.56 Å². The van der Waals surface area contributed by atoms with Gasteiger partial charge in [0, 0.05) is 16.9 Å². The fourth-order valence-corrected chi connectivity index (χ4v) is 1.70. The maximum absolute atomic E-state index is 11.8. The van der Waals surface area contributed by atoms with E-state index in [-0.39, 0.29) is 10.7 Å². The maximum atomic E-state index is 11.8. The fraction of sp³-hybridized carbons (Fsp3) is 0.500. The van der Waals surface area contributed by atoms with E-state index in [9.17, 15) is 4.79 Å². The van der Waals surface area contributed by atoms with Crippen LogP contribution in [-0.2, 0) is 4.79 Å². The standard InChI is InChI=1S/C14H21NOS/c1-10-5-6-12(11(2)9-10)15-13(16)7-8-14(3,4)17/h5-6,9,17H,7-8H2,1-4H3,(H,15,16). The summed E-state index contributed by atoms with van der Waals surface area (Å²) in [6, 6.07) is 6.03. The van der Waals surface area contributed by atoms with Crippen molar-refractivity contribution in [1.82, 2.24) is 0 Å². The van der Waals surface area contributed by atoms with Gasteiger partial charge in [0.25, 0.3) is 0 Å². The minimum absolute atomic E-state index is 0.0547. The molecule has 1 aromatic rings. The van der Waals surface area contributed by atoms with Crippen molar-refractivity contribution in [3.63, 3.8) is 0 Å². The van der Waals surface area contributed by atoms with Crippen molar-refractivity contribution < 1.29 is 4.79 Å². The molecule has 0 saturated heterocycles. The molecule has 0 spiro atoms. The number of aryl methyl sites for hydroxylation is 2. The van der Waals surface area contributed by atoms with Crippen LogP contribution in [-0.4, -0.2) is 10.7 Å². The number of thiol groups is 1. The van der Waals surface area contributed by atoms with Crippen LogP contribution in [0.15, 0.2) is 18.2 Å². The summed E-state index contributed by atoms with van der Waals surface area (Å²) < 4.78 is -0.0976. The van der Waals surface area contributed by atoms with Crippen molar-refractivity contribution in [3.8, 4) is 0 Å². The average Bonchev–Trinajstić information content (AvgIpc) is 2.18. The first-order chi connectivity index (χ1) is 7.78. The van der Waals surface area contributed by atoms with Gasteiger partial charge < -0.3 is 5.32 Å². The van der Waals surface area contributed by atoms with Gasteiger partial charge in [0.15, 0.2) is 0 Å². The molecule has 94 valence electrons. The fourth-order valence-electron chi connectivity index (χ4n) is 1.59. The molecule has 0 bridgehead atoms. The van der Waals surface area contributed by atoms with E-state index in [1.54, 1.807) is 0 Å². The van der Waals surface area contributed by atoms with Gasteiger partial charge in [0.2, 0.25) is 5.91 Å². The second-order valence-electron chi connectivity index (χ2n) is 5.18. The molecule has 1 amide bonds. The Labute approximate surface area is 109 Å². The zero-order chi connectivity index (χ0) is 13.1. The third-order valence-electron chi connectivity index (χ3n) is 2.62. The molecule has 0 radical (unpaired) electrons. The lowest BCUT2D eigenvalue weighted by molar-refractivity contribution is -0.116. The second kappa shape index (κ2) is 5.58. The largest absolute Gasteiger partial charge is 0.326 e. The third-order valence-corrected chi connectivity index (χ3v) is 2.84. The Morgan fingerprint density at radius 2 is 2.00 bits per heavy atom. The van der Waals surface area contributed by atoms with Gasteiger partial charge in [-0.2, -0.15) is 12.6 Å². The zero-order valence-corrected chi connectivity index (χ0v) is 11.9. The quantitative estimate of drug-likeness (QED) is 0.784. The Morgan fingerprint density at radius 1 is 1.35 bits per heavy atom. The SMILES string of the molecule is Cc1ccc(NC(=O)CCC(C)(C)S)c(C)c1. The Morgan fingerprint density at radius 3 is 2.53 bits per heavy atom. The maximum Gasteiger partial charge on any atom is 0.224 e. The molecule has 0 heterocycles. The number of anilines is 1. The van der Waals surface area contributed by atoms with Crippen LogP contribution in [0.2, 0.25) is 0 Å². The average molecular weight is 251 g/mol. The van der Waals surface area contributed by atoms with Crippen molar-refractivity contribution >= 4 is 24.2 Å². The molecule has 0 saturated carbocycles. The van der Waals surface area contributed by atoms with E-state index in [0.29, 0.717) is 6.42 Å². The molecule has 0 aromatic heterocycles. The lowest BCUT2D eigenvalue weighted by Crippen LogP contribution is -2.18. The zero-order valence-electron chi connectivity index (χ0n) is 11.0. The smallest absolute Gasteiger partial charge is 0.224 e. The molecule has 1 N–H and O–H groups in total. The Bertz CT molecular complexity index is 407. The van der Waals surface area contributed by atoms with E-state index < -0.39 is 0 Å². The summed E-state index contributed by atoms with van der Waals surface area (Å²) in [6.45, 7) is 8.08. The minimum Gasteiger partial charge on any atom is -0.326 e. The Balaban J connectivity index is 2.57. The molecule has 0 aliphatic heterocycles. The molecule has 17 heavy (non-hydrogen) atoms. The summed E-state index contributed by atoms with van der Waals surface area (Å²) in [5, 5.41) is 2.94. The van der Waals surface area contributed by atoms with Gasteiger partial charge in [0.05, 0.1) is 0 Å². The first-order valence-corrected chi connectivity index (χ1v) is 6.32. The van der Waals surface area contributed by atoms with Gasteiger partial charge in [0.1, 0.15) is 0 Å². The van der Waals surface area contributed by atoms with Crippen molar-refractivity contribution in [3.05, 3.63) is 29.3 Å². The Hall–Kier alpha value is -0.960. The highest BCUT2D eigenvalue weighted by Crippen LogP contribution is 2.20. The summed E-state index contributed by atoms with van der Waals surface area (Å²) in [6.07, 6.45) is 1.27. The molecule has 0 fully saturated rings. The third kappa shape index (κ3) is 5.26. The van der Waals surface area contributed by atoms with E-state index in [2.05, 4.69) is 24.0 Å². The second-order valence-corrected chi connectivity index (χ2v) is 6.39. The predicted molar refractivity (Wildman–Crippen MR) is 76.8 cm³/mol. The highest BCUT2D eigenvalue weighted by Gasteiger charge is 2.14. The minimum atomic E-state index is -0.0976. The molecule has 1 rings (SSSR count). The first kappa shape index (κ1) is 14.1. The summed E-state index contributed by atoms with van der Waals surface area (Å²) >= 11 is 4.41. The van der Waals surface area contributed by atoms with Crippen molar-refractivity contribution in [2.45, 2.75) is 45.3 Å². The lowest BCUT2D eigenvalue weighted by Gasteiger charge is -2.16. The van der Waals surface area contributed by atoms with Crippen LogP contribution in [0.25, 0.3) is 0 Å². The summed E-state index contributed by atoms with van der Waals surface area (Å²) in [4.78, 5) is 11.8. The molecule has 0 unspecified atom stereocenters. The van der Waals surface area contributed by atoms with Gasteiger partial charge in [-0.1, -0.05) is 31.5 Å².